The molecule has 1 aliphatic rings. The van der Waals surface area contributed by atoms with Crippen molar-refractivity contribution in [1.82, 2.24) is 0 Å². The zero-order valence-corrected chi connectivity index (χ0v) is 10.6. The molecule has 2 nitrogen and oxygen atoms in total. The molecule has 0 fully saturated rings. The average molecular weight is 224 g/mol. The number of aliphatic hydroxyl groups excluding tert-OH is 1. The summed E-state index contributed by atoms with van der Waals surface area (Å²) < 4.78 is 0. The molecule has 92 valence electrons. The second-order valence-electron chi connectivity index (χ2n) is 5.30. The van der Waals surface area contributed by atoms with E-state index in [1.807, 2.05) is 19.1 Å². The van der Waals surface area contributed by atoms with Gasteiger partial charge in [0.1, 0.15) is 0 Å². The first kappa shape index (κ1) is 13.5. The van der Waals surface area contributed by atoms with Gasteiger partial charge in [-0.3, -0.25) is 0 Å². The summed E-state index contributed by atoms with van der Waals surface area (Å²) in [4.78, 5) is 0. The molecule has 0 aromatic carbocycles. The third-order valence-electron chi connectivity index (χ3n) is 3.34. The number of allylic oxidation sites excluding steroid dienone is 2. The molecule has 16 heavy (non-hydrogen) atoms. The van der Waals surface area contributed by atoms with Crippen LogP contribution in [0.3, 0.4) is 0 Å². The normalized spacial score (nSPS) is 34.2. The monoisotopic (exact) mass is 224 g/mol. The lowest BCUT2D eigenvalue weighted by Gasteiger charge is -2.30. The van der Waals surface area contributed by atoms with Gasteiger partial charge in [0.2, 0.25) is 0 Å². The number of hydrogen-bond donors (Lipinski definition) is 2. The van der Waals surface area contributed by atoms with E-state index in [1.54, 1.807) is 6.92 Å². The Morgan fingerprint density at radius 2 is 2.19 bits per heavy atom. The highest BCUT2D eigenvalue weighted by atomic mass is 16.3. The molecule has 4 atom stereocenters. The molecule has 0 aliphatic heterocycles. The minimum Gasteiger partial charge on any atom is -0.389 e. The highest BCUT2D eigenvalue weighted by Gasteiger charge is 2.25. The zero-order chi connectivity index (χ0) is 12.2. The summed E-state index contributed by atoms with van der Waals surface area (Å²) in [6.07, 6.45) is 10.5. The summed E-state index contributed by atoms with van der Waals surface area (Å²) in [6, 6.07) is 0. The van der Waals surface area contributed by atoms with Crippen molar-refractivity contribution in [2.24, 2.45) is 11.8 Å². The van der Waals surface area contributed by atoms with E-state index in [-0.39, 0.29) is 6.10 Å². The Labute approximate surface area is 98.7 Å². The summed E-state index contributed by atoms with van der Waals surface area (Å²) in [6.45, 7) is 5.85. The van der Waals surface area contributed by atoms with Crippen LogP contribution in [0.2, 0.25) is 0 Å². The SMILES string of the molecule is CC(O)C=CCC(C)C1C=CC(C)(O)CC1. The molecular formula is C14H24O2. The number of aliphatic hydroxyl groups is 2. The lowest BCUT2D eigenvalue weighted by atomic mass is 9.79. The first-order chi connectivity index (χ1) is 7.41. The van der Waals surface area contributed by atoms with Gasteiger partial charge in [-0.15, -0.1) is 0 Å². The van der Waals surface area contributed by atoms with Gasteiger partial charge in [0.05, 0.1) is 11.7 Å². The molecule has 4 unspecified atom stereocenters. The minimum absolute atomic E-state index is 0.352. The van der Waals surface area contributed by atoms with E-state index < -0.39 is 5.60 Å². The Balaban J connectivity index is 2.41. The van der Waals surface area contributed by atoms with Gasteiger partial charge in [0.25, 0.3) is 0 Å². The fraction of sp³-hybridized carbons (Fsp3) is 0.714. The van der Waals surface area contributed by atoms with E-state index in [4.69, 9.17) is 5.11 Å². The molecule has 0 saturated carbocycles. The van der Waals surface area contributed by atoms with Gasteiger partial charge < -0.3 is 10.2 Å². The number of hydrogen-bond acceptors (Lipinski definition) is 2. The Kier molecular flexibility index (Phi) is 4.75. The highest BCUT2D eigenvalue weighted by Crippen LogP contribution is 2.31. The first-order valence-electron chi connectivity index (χ1n) is 6.17. The van der Waals surface area contributed by atoms with Crippen molar-refractivity contribution < 1.29 is 10.2 Å². The first-order valence-corrected chi connectivity index (χ1v) is 6.17. The van der Waals surface area contributed by atoms with Crippen LogP contribution >= 0.6 is 0 Å². The second-order valence-corrected chi connectivity index (χ2v) is 5.30. The summed E-state index contributed by atoms with van der Waals surface area (Å²) in [7, 11) is 0. The van der Waals surface area contributed by atoms with Crippen LogP contribution in [-0.4, -0.2) is 21.9 Å². The topological polar surface area (TPSA) is 40.5 Å². The second kappa shape index (κ2) is 5.65. The highest BCUT2D eigenvalue weighted by molar-refractivity contribution is 5.07. The predicted molar refractivity (Wildman–Crippen MR) is 67.1 cm³/mol. The van der Waals surface area contributed by atoms with Crippen LogP contribution in [0, 0.1) is 11.8 Å². The Hall–Kier alpha value is -0.600. The lowest BCUT2D eigenvalue weighted by Crippen LogP contribution is -2.27. The quantitative estimate of drug-likeness (QED) is 0.721. The van der Waals surface area contributed by atoms with Gasteiger partial charge in [-0.1, -0.05) is 31.2 Å². The molecule has 0 saturated heterocycles. The van der Waals surface area contributed by atoms with Crippen LogP contribution in [0.25, 0.3) is 0 Å². The van der Waals surface area contributed by atoms with Crippen molar-refractivity contribution in [3.05, 3.63) is 24.3 Å². The van der Waals surface area contributed by atoms with E-state index in [0.717, 1.165) is 19.3 Å². The van der Waals surface area contributed by atoms with Gasteiger partial charge >= 0.3 is 0 Å². The summed E-state index contributed by atoms with van der Waals surface area (Å²) in [5, 5.41) is 18.9. The predicted octanol–water partition coefficient (Wildman–Crippen LogP) is 2.67. The Bertz CT molecular complexity index is 264. The van der Waals surface area contributed by atoms with E-state index in [1.165, 1.54) is 0 Å². The fourth-order valence-electron chi connectivity index (χ4n) is 2.11. The van der Waals surface area contributed by atoms with Crippen molar-refractivity contribution in [3.8, 4) is 0 Å². The summed E-state index contributed by atoms with van der Waals surface area (Å²) in [5.74, 6) is 1.13. The maximum atomic E-state index is 9.79. The summed E-state index contributed by atoms with van der Waals surface area (Å²) in [5.41, 5.74) is -0.605. The fourth-order valence-corrected chi connectivity index (χ4v) is 2.11. The third kappa shape index (κ3) is 4.50. The van der Waals surface area contributed by atoms with Gasteiger partial charge in [0.15, 0.2) is 0 Å². The molecule has 2 heteroatoms. The van der Waals surface area contributed by atoms with Crippen molar-refractivity contribution in [2.75, 3.05) is 0 Å². The zero-order valence-electron chi connectivity index (χ0n) is 10.6. The molecular weight excluding hydrogens is 200 g/mol. The van der Waals surface area contributed by atoms with Crippen LogP contribution in [0.5, 0.6) is 0 Å². The van der Waals surface area contributed by atoms with Crippen LogP contribution in [0.1, 0.15) is 40.0 Å². The molecule has 2 N–H and O–H groups in total. The minimum atomic E-state index is -0.605. The standard InChI is InChI=1S/C14H24O2/c1-11(5-4-6-12(2)15)13-7-9-14(3,16)10-8-13/h4,6-7,9,11-13,15-16H,5,8,10H2,1-3H3. The van der Waals surface area contributed by atoms with Crippen LogP contribution in [0.15, 0.2) is 24.3 Å². The van der Waals surface area contributed by atoms with E-state index in [0.29, 0.717) is 11.8 Å². The van der Waals surface area contributed by atoms with Crippen molar-refractivity contribution in [1.29, 1.82) is 0 Å². The van der Waals surface area contributed by atoms with Gasteiger partial charge in [-0.2, -0.15) is 0 Å². The smallest absolute Gasteiger partial charge is 0.0800 e. The number of rotatable bonds is 4. The van der Waals surface area contributed by atoms with E-state index >= 15 is 0 Å². The maximum absolute atomic E-state index is 9.79. The van der Waals surface area contributed by atoms with E-state index in [2.05, 4.69) is 19.1 Å². The van der Waals surface area contributed by atoms with Crippen LogP contribution in [0.4, 0.5) is 0 Å². The van der Waals surface area contributed by atoms with Crippen LogP contribution < -0.4 is 0 Å². The Morgan fingerprint density at radius 1 is 1.50 bits per heavy atom. The van der Waals surface area contributed by atoms with Crippen molar-refractivity contribution in [2.45, 2.75) is 51.7 Å². The molecule has 0 amide bonds. The lowest BCUT2D eigenvalue weighted by molar-refractivity contribution is 0.0838. The molecule has 1 rings (SSSR count). The average Bonchev–Trinajstić information content (AvgIpc) is 2.16. The largest absolute Gasteiger partial charge is 0.389 e. The molecule has 0 radical (unpaired) electrons. The van der Waals surface area contributed by atoms with Gasteiger partial charge in [-0.05, 0) is 44.9 Å². The molecule has 0 spiro atoms. The molecule has 0 aromatic heterocycles. The van der Waals surface area contributed by atoms with E-state index in [9.17, 15) is 5.11 Å². The molecule has 0 aromatic rings. The molecule has 1 aliphatic carbocycles. The maximum Gasteiger partial charge on any atom is 0.0800 e. The van der Waals surface area contributed by atoms with Gasteiger partial charge in [-0.25, -0.2) is 0 Å². The van der Waals surface area contributed by atoms with Crippen molar-refractivity contribution in [3.63, 3.8) is 0 Å². The molecule has 0 bridgehead atoms. The summed E-state index contributed by atoms with van der Waals surface area (Å²) >= 11 is 0. The third-order valence-corrected chi connectivity index (χ3v) is 3.34. The Morgan fingerprint density at radius 3 is 2.69 bits per heavy atom. The van der Waals surface area contributed by atoms with Crippen LogP contribution in [-0.2, 0) is 0 Å². The van der Waals surface area contributed by atoms with Crippen molar-refractivity contribution >= 4 is 0 Å². The van der Waals surface area contributed by atoms with Gasteiger partial charge in [0, 0.05) is 0 Å². The molecule has 0 heterocycles.